The summed E-state index contributed by atoms with van der Waals surface area (Å²) in [7, 11) is 0. The monoisotopic (exact) mass is 461 g/mol. The van der Waals surface area contributed by atoms with E-state index in [0.29, 0.717) is 26.9 Å². The van der Waals surface area contributed by atoms with Crippen LogP contribution in [0.3, 0.4) is 0 Å². The molecular formula is C22H14Cl3NO4. The van der Waals surface area contributed by atoms with Crippen LogP contribution in [0.4, 0.5) is 0 Å². The third-order valence-electron chi connectivity index (χ3n) is 4.82. The van der Waals surface area contributed by atoms with E-state index in [1.807, 2.05) is 0 Å². The molecule has 2 aromatic carbocycles. The van der Waals surface area contributed by atoms with Gasteiger partial charge in [0.15, 0.2) is 0 Å². The maximum atomic E-state index is 13.0. The molecule has 5 nitrogen and oxygen atoms in total. The van der Waals surface area contributed by atoms with Gasteiger partial charge in [0.1, 0.15) is 11.5 Å². The van der Waals surface area contributed by atoms with Crippen LogP contribution in [0, 0.1) is 0 Å². The van der Waals surface area contributed by atoms with Crippen molar-refractivity contribution in [2.24, 2.45) is 0 Å². The van der Waals surface area contributed by atoms with Crippen LogP contribution >= 0.6 is 34.8 Å². The topological polar surface area (TPSA) is 70.8 Å². The summed E-state index contributed by atoms with van der Waals surface area (Å²) >= 11 is 18.4. The number of aliphatic hydroxyl groups excluding tert-OH is 1. The third-order valence-corrected chi connectivity index (χ3v) is 5.64. The fourth-order valence-corrected chi connectivity index (χ4v) is 4.06. The van der Waals surface area contributed by atoms with E-state index < -0.39 is 17.7 Å². The molecule has 0 spiro atoms. The maximum absolute atomic E-state index is 13.0. The zero-order valence-corrected chi connectivity index (χ0v) is 17.6. The summed E-state index contributed by atoms with van der Waals surface area (Å²) in [5, 5.41) is 12.1. The normalized spacial score (nSPS) is 18.2. The number of amides is 1. The molecular weight excluding hydrogens is 449 g/mol. The molecule has 3 aromatic rings. The molecule has 1 aliphatic rings. The fourth-order valence-electron chi connectivity index (χ4n) is 3.42. The number of ketones is 1. The van der Waals surface area contributed by atoms with Crippen LogP contribution in [-0.2, 0) is 16.1 Å². The fraction of sp³-hybridized carbons (Fsp3) is 0.0909. The Labute approximate surface area is 187 Å². The highest BCUT2D eigenvalue weighted by molar-refractivity contribution is 6.47. The Hall–Kier alpha value is -2.73. The van der Waals surface area contributed by atoms with Crippen molar-refractivity contribution in [3.63, 3.8) is 0 Å². The third kappa shape index (κ3) is 3.72. The Morgan fingerprint density at radius 1 is 1.00 bits per heavy atom. The van der Waals surface area contributed by atoms with Crippen LogP contribution in [0.1, 0.15) is 22.9 Å². The number of hydrogen-bond donors (Lipinski definition) is 1. The minimum atomic E-state index is -0.921. The quantitative estimate of drug-likeness (QED) is 0.299. The Morgan fingerprint density at radius 3 is 2.33 bits per heavy atom. The van der Waals surface area contributed by atoms with E-state index in [9.17, 15) is 14.7 Å². The lowest BCUT2D eigenvalue weighted by molar-refractivity contribution is -0.140. The van der Waals surface area contributed by atoms with Gasteiger partial charge in [-0.2, -0.15) is 0 Å². The molecule has 0 aliphatic carbocycles. The van der Waals surface area contributed by atoms with Crippen LogP contribution in [0.5, 0.6) is 0 Å². The maximum Gasteiger partial charge on any atom is 0.296 e. The van der Waals surface area contributed by atoms with Crippen LogP contribution < -0.4 is 0 Å². The SMILES string of the molecule is O=C1C(=O)N(Cc2ccco2)[C@@H](c2ccc(Cl)cc2Cl)C1=C(O)c1ccc(Cl)cc1. The van der Waals surface area contributed by atoms with E-state index in [0.717, 1.165) is 0 Å². The van der Waals surface area contributed by atoms with E-state index in [1.54, 1.807) is 48.5 Å². The lowest BCUT2D eigenvalue weighted by atomic mass is 9.95. The summed E-state index contributed by atoms with van der Waals surface area (Å²) in [6.07, 6.45) is 1.48. The molecule has 152 valence electrons. The van der Waals surface area contributed by atoms with E-state index in [-0.39, 0.29) is 22.9 Å². The van der Waals surface area contributed by atoms with Crippen molar-refractivity contribution in [2.75, 3.05) is 0 Å². The molecule has 1 atom stereocenters. The molecule has 1 aliphatic heterocycles. The second kappa shape index (κ2) is 8.19. The van der Waals surface area contributed by atoms with Gasteiger partial charge < -0.3 is 14.4 Å². The van der Waals surface area contributed by atoms with Crippen molar-refractivity contribution >= 4 is 52.3 Å². The first-order chi connectivity index (χ1) is 14.4. The smallest absolute Gasteiger partial charge is 0.296 e. The average Bonchev–Trinajstić information content (AvgIpc) is 3.31. The predicted octanol–water partition coefficient (Wildman–Crippen LogP) is 5.86. The van der Waals surface area contributed by atoms with Crippen LogP contribution in [0.2, 0.25) is 15.1 Å². The summed E-state index contributed by atoms with van der Waals surface area (Å²) in [6.45, 7) is 0.0264. The molecule has 1 fully saturated rings. The number of hydrogen-bond acceptors (Lipinski definition) is 4. The molecule has 4 rings (SSSR count). The molecule has 1 saturated heterocycles. The zero-order valence-electron chi connectivity index (χ0n) is 15.3. The lowest BCUT2D eigenvalue weighted by Gasteiger charge is -2.25. The highest BCUT2D eigenvalue weighted by atomic mass is 35.5. The van der Waals surface area contributed by atoms with Gasteiger partial charge in [0.25, 0.3) is 11.7 Å². The van der Waals surface area contributed by atoms with E-state index >= 15 is 0 Å². The first-order valence-corrected chi connectivity index (χ1v) is 10.0. The van der Waals surface area contributed by atoms with Crippen LogP contribution in [0.25, 0.3) is 5.76 Å². The predicted molar refractivity (Wildman–Crippen MR) is 114 cm³/mol. The molecule has 8 heteroatoms. The lowest BCUT2D eigenvalue weighted by Crippen LogP contribution is -2.29. The number of Topliss-reactive ketones (excluding diaryl/α,β-unsaturated/α-hetero) is 1. The summed E-state index contributed by atoms with van der Waals surface area (Å²) < 4.78 is 5.35. The van der Waals surface area contributed by atoms with Gasteiger partial charge in [-0.3, -0.25) is 9.59 Å². The van der Waals surface area contributed by atoms with Gasteiger partial charge in [-0.15, -0.1) is 0 Å². The standard InChI is InChI=1S/C22H14Cl3NO4/c23-13-5-3-12(4-6-13)20(27)18-19(16-8-7-14(24)10-17(16)25)26(22(29)21(18)28)11-15-2-1-9-30-15/h1-10,19,27H,11H2/t19-/m0/s1. The molecule has 0 unspecified atom stereocenters. The van der Waals surface area contributed by atoms with E-state index in [4.69, 9.17) is 39.2 Å². The Bertz CT molecular complexity index is 1150. The number of furan rings is 1. The second-order valence-corrected chi connectivity index (χ2v) is 7.96. The number of nitrogens with zero attached hydrogens (tertiary/aromatic N) is 1. The van der Waals surface area contributed by atoms with Crippen molar-refractivity contribution in [1.29, 1.82) is 0 Å². The molecule has 0 bridgehead atoms. The van der Waals surface area contributed by atoms with E-state index in [1.165, 1.54) is 17.2 Å². The molecule has 30 heavy (non-hydrogen) atoms. The van der Waals surface area contributed by atoms with Gasteiger partial charge >= 0.3 is 0 Å². The average molecular weight is 463 g/mol. The van der Waals surface area contributed by atoms with Gasteiger partial charge in [0, 0.05) is 20.6 Å². The molecule has 2 heterocycles. The zero-order chi connectivity index (χ0) is 21.4. The summed E-state index contributed by atoms with van der Waals surface area (Å²) in [5.74, 6) is -1.41. The van der Waals surface area contributed by atoms with Crippen LogP contribution in [0.15, 0.2) is 70.9 Å². The van der Waals surface area contributed by atoms with Crippen molar-refractivity contribution in [1.82, 2.24) is 4.90 Å². The number of carbonyl (C=O) groups excluding carboxylic acids is 2. The Balaban J connectivity index is 1.90. The van der Waals surface area contributed by atoms with Gasteiger partial charge in [-0.05, 0) is 54.1 Å². The molecule has 0 radical (unpaired) electrons. The highest BCUT2D eigenvalue weighted by Crippen LogP contribution is 2.43. The number of carbonyl (C=O) groups is 2. The summed E-state index contributed by atoms with van der Waals surface area (Å²) in [4.78, 5) is 27.2. The number of benzene rings is 2. The number of halogens is 3. The number of likely N-dealkylation sites (tertiary alicyclic amines) is 1. The van der Waals surface area contributed by atoms with Gasteiger partial charge in [0.05, 0.1) is 24.4 Å². The van der Waals surface area contributed by atoms with Gasteiger partial charge in [-0.25, -0.2) is 0 Å². The highest BCUT2D eigenvalue weighted by Gasteiger charge is 2.47. The molecule has 1 amide bonds. The van der Waals surface area contributed by atoms with Crippen molar-refractivity contribution in [3.05, 3.63) is 98.4 Å². The first kappa shape index (κ1) is 20.5. The summed E-state index contributed by atoms with van der Waals surface area (Å²) in [6, 6.07) is 13.5. The van der Waals surface area contributed by atoms with Crippen LogP contribution in [-0.4, -0.2) is 21.7 Å². The molecule has 1 aromatic heterocycles. The number of rotatable bonds is 4. The van der Waals surface area contributed by atoms with E-state index in [2.05, 4.69) is 0 Å². The number of aliphatic hydroxyl groups is 1. The molecule has 0 saturated carbocycles. The minimum absolute atomic E-state index is 0.0264. The van der Waals surface area contributed by atoms with Crippen molar-refractivity contribution in [2.45, 2.75) is 12.6 Å². The van der Waals surface area contributed by atoms with Gasteiger partial charge in [-0.1, -0.05) is 40.9 Å². The second-order valence-electron chi connectivity index (χ2n) is 6.68. The largest absolute Gasteiger partial charge is 0.507 e. The first-order valence-electron chi connectivity index (χ1n) is 8.88. The molecule has 1 N–H and O–H groups in total. The summed E-state index contributed by atoms with van der Waals surface area (Å²) in [5.41, 5.74) is 0.742. The Kier molecular flexibility index (Phi) is 5.60. The van der Waals surface area contributed by atoms with Crippen molar-refractivity contribution in [3.8, 4) is 0 Å². The van der Waals surface area contributed by atoms with Gasteiger partial charge in [0.2, 0.25) is 0 Å². The van der Waals surface area contributed by atoms with Crippen molar-refractivity contribution < 1.29 is 19.1 Å². The minimum Gasteiger partial charge on any atom is -0.507 e. The Morgan fingerprint density at radius 2 is 1.70 bits per heavy atom.